The number of aryl methyl sites for hydroxylation is 5. The number of rotatable bonds is 6. The van der Waals surface area contributed by atoms with Crippen molar-refractivity contribution in [2.45, 2.75) is 53.6 Å². The molecule has 2 aromatic heterocycles. The smallest absolute Gasteiger partial charge is 0.0900 e. The van der Waals surface area contributed by atoms with E-state index < -0.39 is 0 Å². The van der Waals surface area contributed by atoms with Crippen LogP contribution in [0.4, 0.5) is 0 Å². The molecular weight excluding hydrogens is 268 g/mol. The van der Waals surface area contributed by atoms with Gasteiger partial charge in [-0.3, -0.25) is 4.68 Å². The third-order valence-corrected chi connectivity index (χ3v) is 4.69. The lowest BCUT2D eigenvalue weighted by Gasteiger charge is -2.13. The standard InChI is InChI=1S/C15H24N4S/c1-10-9-11(2)19(18-10)8-6-7-16-12(3)15-13(4)17-14(5)20-15/h9,12,16H,6-8H2,1-5H3. The zero-order valence-corrected chi connectivity index (χ0v) is 13.8. The second kappa shape index (κ2) is 6.50. The Hall–Kier alpha value is -1.20. The molecule has 1 atom stereocenters. The Kier molecular flexibility index (Phi) is 4.94. The van der Waals surface area contributed by atoms with Crippen LogP contribution in [-0.2, 0) is 6.54 Å². The molecule has 0 spiro atoms. The normalized spacial score (nSPS) is 12.8. The van der Waals surface area contributed by atoms with E-state index in [1.54, 1.807) is 11.3 Å². The first kappa shape index (κ1) is 15.2. The van der Waals surface area contributed by atoms with Crippen molar-refractivity contribution in [3.63, 3.8) is 0 Å². The first-order valence-electron chi connectivity index (χ1n) is 7.15. The van der Waals surface area contributed by atoms with Crippen molar-refractivity contribution < 1.29 is 0 Å². The molecule has 0 saturated heterocycles. The van der Waals surface area contributed by atoms with Crippen LogP contribution in [0, 0.1) is 27.7 Å². The van der Waals surface area contributed by atoms with E-state index in [4.69, 9.17) is 0 Å². The van der Waals surface area contributed by atoms with Crippen molar-refractivity contribution in [3.05, 3.63) is 33.0 Å². The lowest BCUT2D eigenvalue weighted by molar-refractivity contribution is 0.502. The Balaban J connectivity index is 1.78. The number of nitrogens with zero attached hydrogens (tertiary/aromatic N) is 3. The average molecular weight is 292 g/mol. The van der Waals surface area contributed by atoms with E-state index in [1.165, 1.54) is 10.6 Å². The molecule has 110 valence electrons. The van der Waals surface area contributed by atoms with E-state index in [0.717, 1.165) is 35.9 Å². The number of hydrogen-bond donors (Lipinski definition) is 1. The van der Waals surface area contributed by atoms with E-state index in [9.17, 15) is 0 Å². The lowest BCUT2D eigenvalue weighted by atomic mass is 10.2. The zero-order valence-electron chi connectivity index (χ0n) is 13.0. The fraction of sp³-hybridized carbons (Fsp3) is 0.600. The maximum Gasteiger partial charge on any atom is 0.0900 e. The summed E-state index contributed by atoms with van der Waals surface area (Å²) in [5.74, 6) is 0. The predicted octanol–water partition coefficient (Wildman–Crippen LogP) is 3.31. The molecule has 1 N–H and O–H groups in total. The first-order chi connectivity index (χ1) is 9.47. The fourth-order valence-electron chi connectivity index (χ4n) is 2.49. The monoisotopic (exact) mass is 292 g/mol. The average Bonchev–Trinajstić information content (AvgIpc) is 2.87. The van der Waals surface area contributed by atoms with Gasteiger partial charge in [-0.2, -0.15) is 5.10 Å². The molecule has 0 bridgehead atoms. The molecule has 1 unspecified atom stereocenters. The quantitative estimate of drug-likeness (QED) is 0.831. The number of nitrogens with one attached hydrogen (secondary N) is 1. The van der Waals surface area contributed by atoms with Crippen molar-refractivity contribution >= 4 is 11.3 Å². The molecule has 0 aliphatic carbocycles. The molecule has 5 heteroatoms. The Morgan fingerprint density at radius 1 is 1.30 bits per heavy atom. The van der Waals surface area contributed by atoms with E-state index in [1.807, 2.05) is 6.92 Å². The van der Waals surface area contributed by atoms with Crippen LogP contribution in [0.5, 0.6) is 0 Å². The van der Waals surface area contributed by atoms with Gasteiger partial charge in [-0.05, 0) is 53.7 Å². The maximum atomic E-state index is 4.49. The third kappa shape index (κ3) is 3.67. The van der Waals surface area contributed by atoms with E-state index in [0.29, 0.717) is 6.04 Å². The van der Waals surface area contributed by atoms with Gasteiger partial charge in [0.05, 0.1) is 16.4 Å². The topological polar surface area (TPSA) is 42.7 Å². The SMILES string of the molecule is Cc1cc(C)n(CCCNC(C)c2sc(C)nc2C)n1. The molecule has 0 radical (unpaired) electrons. The van der Waals surface area contributed by atoms with Crippen molar-refractivity contribution in [2.24, 2.45) is 0 Å². The molecular formula is C15H24N4S. The summed E-state index contributed by atoms with van der Waals surface area (Å²) >= 11 is 1.79. The summed E-state index contributed by atoms with van der Waals surface area (Å²) in [6.45, 7) is 12.5. The summed E-state index contributed by atoms with van der Waals surface area (Å²) in [5.41, 5.74) is 3.50. The minimum absolute atomic E-state index is 0.377. The Labute approximate surface area is 125 Å². The fourth-order valence-corrected chi connectivity index (χ4v) is 3.44. The van der Waals surface area contributed by atoms with Gasteiger partial charge in [-0.1, -0.05) is 0 Å². The van der Waals surface area contributed by atoms with Gasteiger partial charge >= 0.3 is 0 Å². The van der Waals surface area contributed by atoms with E-state index >= 15 is 0 Å². The summed E-state index contributed by atoms with van der Waals surface area (Å²) in [6.07, 6.45) is 1.09. The van der Waals surface area contributed by atoms with Gasteiger partial charge in [0.15, 0.2) is 0 Å². The molecule has 2 aromatic rings. The second-order valence-electron chi connectivity index (χ2n) is 5.36. The summed E-state index contributed by atoms with van der Waals surface area (Å²) in [6, 6.07) is 2.50. The van der Waals surface area contributed by atoms with E-state index in [2.05, 4.69) is 53.8 Å². The van der Waals surface area contributed by atoms with Crippen molar-refractivity contribution in [1.29, 1.82) is 0 Å². The molecule has 0 aliphatic rings. The predicted molar refractivity (Wildman–Crippen MR) is 84.3 cm³/mol. The first-order valence-corrected chi connectivity index (χ1v) is 7.97. The van der Waals surface area contributed by atoms with Crippen LogP contribution in [0.1, 0.15) is 46.4 Å². The number of thiazole rings is 1. The van der Waals surface area contributed by atoms with Crippen molar-refractivity contribution in [3.8, 4) is 0 Å². The van der Waals surface area contributed by atoms with Crippen LogP contribution in [0.2, 0.25) is 0 Å². The van der Waals surface area contributed by atoms with E-state index in [-0.39, 0.29) is 0 Å². The maximum absolute atomic E-state index is 4.49. The third-order valence-electron chi connectivity index (χ3n) is 3.43. The van der Waals surface area contributed by atoms with Crippen LogP contribution in [-0.4, -0.2) is 21.3 Å². The van der Waals surface area contributed by atoms with Gasteiger partial charge in [-0.15, -0.1) is 11.3 Å². The van der Waals surface area contributed by atoms with Gasteiger partial charge in [-0.25, -0.2) is 4.98 Å². The summed E-state index contributed by atoms with van der Waals surface area (Å²) in [4.78, 5) is 5.84. The highest BCUT2D eigenvalue weighted by atomic mass is 32.1. The molecule has 0 fully saturated rings. The molecule has 0 amide bonds. The van der Waals surface area contributed by atoms with Gasteiger partial charge in [0, 0.05) is 23.2 Å². The van der Waals surface area contributed by atoms with Gasteiger partial charge in [0.1, 0.15) is 0 Å². The highest BCUT2D eigenvalue weighted by Crippen LogP contribution is 2.24. The summed E-state index contributed by atoms with van der Waals surface area (Å²) in [7, 11) is 0. The Morgan fingerprint density at radius 2 is 2.05 bits per heavy atom. The highest BCUT2D eigenvalue weighted by Gasteiger charge is 2.12. The largest absolute Gasteiger partial charge is 0.309 e. The lowest BCUT2D eigenvalue weighted by Crippen LogP contribution is -2.21. The molecule has 0 aliphatic heterocycles. The van der Waals surface area contributed by atoms with Gasteiger partial charge in [0.25, 0.3) is 0 Å². The summed E-state index contributed by atoms with van der Waals surface area (Å²) in [5, 5.41) is 9.21. The van der Waals surface area contributed by atoms with Crippen molar-refractivity contribution in [1.82, 2.24) is 20.1 Å². The highest BCUT2D eigenvalue weighted by molar-refractivity contribution is 7.11. The number of hydrogen-bond acceptors (Lipinski definition) is 4. The number of aromatic nitrogens is 3. The van der Waals surface area contributed by atoms with Crippen LogP contribution in [0.15, 0.2) is 6.07 Å². The van der Waals surface area contributed by atoms with Crippen LogP contribution < -0.4 is 5.32 Å². The molecule has 20 heavy (non-hydrogen) atoms. The summed E-state index contributed by atoms with van der Waals surface area (Å²) < 4.78 is 2.09. The minimum Gasteiger partial charge on any atom is -0.309 e. The Morgan fingerprint density at radius 3 is 2.60 bits per heavy atom. The van der Waals surface area contributed by atoms with Crippen LogP contribution >= 0.6 is 11.3 Å². The van der Waals surface area contributed by atoms with Gasteiger partial charge < -0.3 is 5.32 Å². The Bertz CT molecular complexity index is 570. The van der Waals surface area contributed by atoms with Crippen LogP contribution in [0.3, 0.4) is 0 Å². The molecule has 0 aromatic carbocycles. The van der Waals surface area contributed by atoms with Gasteiger partial charge in [0.2, 0.25) is 0 Å². The second-order valence-corrected chi connectivity index (χ2v) is 6.60. The molecule has 0 saturated carbocycles. The van der Waals surface area contributed by atoms with Crippen LogP contribution in [0.25, 0.3) is 0 Å². The zero-order chi connectivity index (χ0) is 14.7. The molecule has 2 rings (SSSR count). The van der Waals surface area contributed by atoms with Crippen molar-refractivity contribution in [2.75, 3.05) is 6.54 Å². The molecule has 2 heterocycles. The minimum atomic E-state index is 0.377. The molecule has 4 nitrogen and oxygen atoms in total.